The Bertz CT molecular complexity index is 273. The summed E-state index contributed by atoms with van der Waals surface area (Å²) in [7, 11) is 0. The zero-order chi connectivity index (χ0) is 13.6. The zero-order valence-electron chi connectivity index (χ0n) is 13.6. The Kier molecular flexibility index (Phi) is 3.87. The molecule has 3 rings (SSSR count). The molecule has 0 spiro atoms. The number of rotatable bonds is 0. The maximum Gasteiger partial charge on any atom is -0.0334 e. The molecule has 0 heterocycles. The van der Waals surface area contributed by atoms with E-state index in [0.717, 1.165) is 23.7 Å². The molecule has 0 nitrogen and oxygen atoms in total. The fraction of sp³-hybridized carbons (Fsp3) is 1.00. The van der Waals surface area contributed by atoms with Crippen LogP contribution in [-0.4, -0.2) is 0 Å². The van der Waals surface area contributed by atoms with Gasteiger partial charge in [-0.2, -0.15) is 0 Å². The van der Waals surface area contributed by atoms with Gasteiger partial charge in [0.15, 0.2) is 0 Å². The first-order chi connectivity index (χ1) is 8.18. The van der Waals surface area contributed by atoms with Crippen molar-refractivity contribution in [1.82, 2.24) is 0 Å². The molecule has 0 saturated heterocycles. The van der Waals surface area contributed by atoms with Crippen molar-refractivity contribution in [2.24, 2.45) is 34.5 Å². The predicted octanol–water partition coefficient (Wildman–Crippen LogP) is 5.91. The third-order valence-corrected chi connectivity index (χ3v) is 5.94. The predicted molar refractivity (Wildman–Crippen MR) is 80.6 cm³/mol. The largest absolute Gasteiger partial charge is 0.0599 e. The van der Waals surface area contributed by atoms with E-state index in [0.29, 0.717) is 10.8 Å². The molecule has 0 amide bonds. The van der Waals surface area contributed by atoms with Crippen LogP contribution in [0.15, 0.2) is 0 Å². The van der Waals surface area contributed by atoms with E-state index < -0.39 is 0 Å². The van der Waals surface area contributed by atoms with Gasteiger partial charge < -0.3 is 0 Å². The summed E-state index contributed by atoms with van der Waals surface area (Å²) >= 11 is 0. The number of hydrogen-bond acceptors (Lipinski definition) is 0. The van der Waals surface area contributed by atoms with E-state index in [1.54, 1.807) is 0 Å². The summed E-state index contributed by atoms with van der Waals surface area (Å²) in [5, 5.41) is 0. The van der Waals surface area contributed by atoms with Crippen molar-refractivity contribution in [2.75, 3.05) is 0 Å². The van der Waals surface area contributed by atoms with Crippen LogP contribution in [0.2, 0.25) is 0 Å². The fourth-order valence-corrected chi connectivity index (χ4v) is 4.66. The van der Waals surface area contributed by atoms with Gasteiger partial charge in [-0.1, -0.05) is 48.0 Å². The second kappa shape index (κ2) is 4.84. The van der Waals surface area contributed by atoms with Crippen LogP contribution in [0.5, 0.6) is 0 Å². The van der Waals surface area contributed by atoms with Crippen molar-refractivity contribution in [1.29, 1.82) is 0 Å². The first-order valence-corrected chi connectivity index (χ1v) is 8.18. The number of fused-ring (bicyclic) bond motifs is 5. The van der Waals surface area contributed by atoms with E-state index in [1.165, 1.54) is 38.5 Å². The average molecular weight is 250 g/mol. The van der Waals surface area contributed by atoms with E-state index >= 15 is 0 Å². The summed E-state index contributed by atoms with van der Waals surface area (Å²) in [5.74, 6) is 3.99. The van der Waals surface area contributed by atoms with Crippen LogP contribution >= 0.6 is 0 Å². The maximum absolute atomic E-state index is 2.47. The van der Waals surface area contributed by atoms with E-state index in [-0.39, 0.29) is 0 Å². The van der Waals surface area contributed by atoms with Crippen LogP contribution in [0.25, 0.3) is 0 Å². The van der Waals surface area contributed by atoms with Gasteiger partial charge in [0.05, 0.1) is 0 Å². The van der Waals surface area contributed by atoms with Gasteiger partial charge in [-0.3, -0.25) is 0 Å². The van der Waals surface area contributed by atoms with Crippen LogP contribution in [-0.2, 0) is 0 Å². The topological polar surface area (TPSA) is 0 Å². The minimum absolute atomic E-state index is 0.523. The summed E-state index contributed by atoms with van der Waals surface area (Å²) in [5.41, 5.74) is 1.05. The van der Waals surface area contributed by atoms with E-state index in [4.69, 9.17) is 0 Å². The van der Waals surface area contributed by atoms with Crippen molar-refractivity contribution in [3.63, 3.8) is 0 Å². The van der Waals surface area contributed by atoms with Crippen molar-refractivity contribution >= 4 is 0 Å². The molecule has 3 aliphatic rings. The van der Waals surface area contributed by atoms with Crippen LogP contribution in [0.1, 0.15) is 80.1 Å². The summed E-state index contributed by atoms with van der Waals surface area (Å²) in [6.45, 7) is 14.8. The molecular weight excluding hydrogens is 216 g/mol. The lowest BCUT2D eigenvalue weighted by atomic mass is 9.57. The van der Waals surface area contributed by atoms with E-state index in [2.05, 4.69) is 41.5 Å². The van der Waals surface area contributed by atoms with Gasteiger partial charge in [-0.05, 0) is 66.6 Å². The van der Waals surface area contributed by atoms with Crippen LogP contribution in [0.4, 0.5) is 0 Å². The van der Waals surface area contributed by atoms with Gasteiger partial charge in [0.25, 0.3) is 0 Å². The van der Waals surface area contributed by atoms with E-state index in [9.17, 15) is 0 Å². The Morgan fingerprint density at radius 1 is 0.667 bits per heavy atom. The smallest absolute Gasteiger partial charge is 0.0334 e. The molecule has 3 fully saturated rings. The van der Waals surface area contributed by atoms with E-state index in [1.807, 2.05) is 0 Å². The summed E-state index contributed by atoms with van der Waals surface area (Å²) < 4.78 is 0. The van der Waals surface area contributed by atoms with Gasteiger partial charge in [-0.15, -0.1) is 0 Å². The Morgan fingerprint density at radius 2 is 1.28 bits per heavy atom. The molecule has 2 bridgehead atoms. The minimum Gasteiger partial charge on any atom is -0.0599 e. The maximum atomic E-state index is 2.47. The Balaban J connectivity index is 2.11. The Labute approximate surface area is 115 Å². The molecule has 3 saturated carbocycles. The summed E-state index contributed by atoms with van der Waals surface area (Å²) in [4.78, 5) is 0. The highest BCUT2D eigenvalue weighted by Gasteiger charge is 2.41. The molecule has 0 aliphatic heterocycles. The third kappa shape index (κ3) is 3.11. The molecule has 0 aromatic rings. The highest BCUT2D eigenvalue weighted by Crippen LogP contribution is 2.51. The Hall–Kier alpha value is 0. The molecule has 3 aliphatic carbocycles. The highest BCUT2D eigenvalue weighted by molar-refractivity contribution is 4.92. The molecule has 0 radical (unpaired) electrons. The lowest BCUT2D eigenvalue weighted by molar-refractivity contribution is 0.0214. The van der Waals surface area contributed by atoms with Crippen LogP contribution in [0.3, 0.4) is 0 Å². The molecule has 4 atom stereocenters. The van der Waals surface area contributed by atoms with Gasteiger partial charge in [0, 0.05) is 0 Å². The first kappa shape index (κ1) is 14.4. The highest BCUT2D eigenvalue weighted by atomic mass is 14.5. The molecular formula is C18H34. The van der Waals surface area contributed by atoms with Gasteiger partial charge in [-0.25, -0.2) is 0 Å². The quantitative estimate of drug-likeness (QED) is 0.501. The van der Waals surface area contributed by atoms with Gasteiger partial charge in [0.2, 0.25) is 0 Å². The fourth-order valence-electron chi connectivity index (χ4n) is 4.66. The lowest BCUT2D eigenvalue weighted by Crippen LogP contribution is -2.38. The Morgan fingerprint density at radius 3 is 1.83 bits per heavy atom. The lowest BCUT2D eigenvalue weighted by Gasteiger charge is -2.48. The second-order valence-electron chi connectivity index (χ2n) is 9.29. The van der Waals surface area contributed by atoms with Gasteiger partial charge >= 0.3 is 0 Å². The van der Waals surface area contributed by atoms with Crippen molar-refractivity contribution < 1.29 is 0 Å². The van der Waals surface area contributed by atoms with Crippen LogP contribution < -0.4 is 0 Å². The summed E-state index contributed by atoms with van der Waals surface area (Å²) in [6, 6.07) is 0. The molecule has 0 heteroatoms. The molecule has 0 aromatic heterocycles. The monoisotopic (exact) mass is 250 g/mol. The van der Waals surface area contributed by atoms with Crippen molar-refractivity contribution in [3.05, 3.63) is 0 Å². The molecule has 4 unspecified atom stereocenters. The molecule has 18 heavy (non-hydrogen) atoms. The van der Waals surface area contributed by atoms with Crippen LogP contribution in [0, 0.1) is 34.5 Å². The zero-order valence-corrected chi connectivity index (χ0v) is 13.6. The second-order valence-corrected chi connectivity index (χ2v) is 9.29. The standard InChI is InChI=1S/C18H34/c1-17(2,3)15-10-9-14-8-7-13(11-15)12-16(14)18(4,5)6/h13-16H,7-12H2,1-6H3. The SMILES string of the molecule is CC(C)(C)C1CCC2CCC(C1)CC2C(C)(C)C. The minimum atomic E-state index is 0.523. The molecule has 106 valence electrons. The molecule has 0 aromatic carbocycles. The average Bonchev–Trinajstić information content (AvgIpc) is 2.14. The third-order valence-electron chi connectivity index (χ3n) is 5.94. The normalized spacial score (nSPS) is 38.3. The van der Waals surface area contributed by atoms with Crippen molar-refractivity contribution in [3.8, 4) is 0 Å². The number of hydrogen-bond donors (Lipinski definition) is 0. The first-order valence-electron chi connectivity index (χ1n) is 8.18. The van der Waals surface area contributed by atoms with Crippen molar-refractivity contribution in [2.45, 2.75) is 80.1 Å². The van der Waals surface area contributed by atoms with Gasteiger partial charge in [0.1, 0.15) is 0 Å². The summed E-state index contributed by atoms with van der Waals surface area (Å²) in [6.07, 6.45) is 9.03. The molecule has 0 N–H and O–H groups in total.